The molecule has 1 aromatic heterocycles. The van der Waals surface area contributed by atoms with Crippen molar-refractivity contribution in [3.8, 4) is 11.5 Å². The zero-order valence-electron chi connectivity index (χ0n) is 15.0. The van der Waals surface area contributed by atoms with E-state index in [0.717, 1.165) is 5.56 Å². The number of carboxylic acid groups (broad SMARTS) is 2. The van der Waals surface area contributed by atoms with Gasteiger partial charge in [0.25, 0.3) is 0 Å². The smallest absolute Gasteiger partial charge is 0.341 e. The number of aromatic nitrogens is 1. The van der Waals surface area contributed by atoms with E-state index in [4.69, 9.17) is 14.6 Å². The molecule has 0 spiro atoms. The third-order valence-electron chi connectivity index (χ3n) is 3.95. The van der Waals surface area contributed by atoms with Crippen LogP contribution in [-0.2, 0) is 4.79 Å². The lowest BCUT2D eigenvalue weighted by molar-refractivity contribution is -0.139. The summed E-state index contributed by atoms with van der Waals surface area (Å²) in [6.07, 6.45) is 3.46. The summed E-state index contributed by atoms with van der Waals surface area (Å²) in [6, 6.07) is 13.6. The highest BCUT2D eigenvalue weighted by molar-refractivity contribution is 6.03. The summed E-state index contributed by atoms with van der Waals surface area (Å²) in [5, 5.41) is 18.7. The summed E-state index contributed by atoms with van der Waals surface area (Å²) in [5.74, 6) is -1.39. The van der Waals surface area contributed by atoms with Crippen LogP contribution in [0.1, 0.15) is 21.6 Å². The van der Waals surface area contributed by atoms with Crippen LogP contribution in [-0.4, -0.2) is 40.9 Å². The maximum Gasteiger partial charge on any atom is 0.341 e. The minimum Gasteiger partial charge on any atom is -0.493 e. The number of methoxy groups -OCH3 is 1. The number of aliphatic carboxylic acids is 1. The van der Waals surface area contributed by atoms with Crippen molar-refractivity contribution in [1.82, 2.24) is 4.98 Å². The van der Waals surface area contributed by atoms with E-state index in [0.29, 0.717) is 28.1 Å². The lowest BCUT2D eigenvalue weighted by Crippen LogP contribution is -2.10. The average Bonchev–Trinajstić information content (AvgIpc) is 2.70. The van der Waals surface area contributed by atoms with E-state index in [1.54, 1.807) is 54.6 Å². The fourth-order valence-electron chi connectivity index (χ4n) is 2.69. The van der Waals surface area contributed by atoms with Crippen LogP contribution in [0, 0.1) is 0 Å². The first-order valence-corrected chi connectivity index (χ1v) is 8.31. The molecule has 3 aromatic rings. The molecule has 0 aliphatic heterocycles. The number of carbonyl (C=O) groups is 2. The van der Waals surface area contributed by atoms with Crippen molar-refractivity contribution in [3.63, 3.8) is 0 Å². The largest absolute Gasteiger partial charge is 0.493 e. The van der Waals surface area contributed by atoms with E-state index in [1.807, 2.05) is 0 Å². The van der Waals surface area contributed by atoms with Crippen LogP contribution in [0.5, 0.6) is 11.5 Å². The molecule has 0 fully saturated rings. The van der Waals surface area contributed by atoms with Gasteiger partial charge in [0.15, 0.2) is 18.1 Å². The van der Waals surface area contributed by atoms with Crippen molar-refractivity contribution in [3.05, 3.63) is 65.4 Å². The standard InChI is InChI=1S/C21H17NO6/c1-27-19-10-13(7-9-18(19)28-12-20(23)24)6-8-14-11-16(21(25)26)15-4-2-3-5-17(15)22-14/h2-11H,12H2,1H3,(H,23,24)(H,25,26). The third kappa shape index (κ3) is 4.27. The molecule has 0 bridgehead atoms. The van der Waals surface area contributed by atoms with Gasteiger partial charge in [-0.3, -0.25) is 0 Å². The minimum absolute atomic E-state index is 0.181. The number of fused-ring (bicyclic) bond motifs is 1. The van der Waals surface area contributed by atoms with E-state index < -0.39 is 18.5 Å². The topological polar surface area (TPSA) is 106 Å². The van der Waals surface area contributed by atoms with E-state index in [-0.39, 0.29) is 5.56 Å². The molecule has 0 atom stereocenters. The van der Waals surface area contributed by atoms with Crippen LogP contribution >= 0.6 is 0 Å². The van der Waals surface area contributed by atoms with E-state index in [9.17, 15) is 14.7 Å². The lowest BCUT2D eigenvalue weighted by atomic mass is 10.1. The summed E-state index contributed by atoms with van der Waals surface area (Å²) < 4.78 is 10.4. The Balaban J connectivity index is 1.91. The maximum absolute atomic E-state index is 11.5. The number of aromatic carboxylic acids is 1. The Morgan fingerprint density at radius 2 is 1.82 bits per heavy atom. The highest BCUT2D eigenvalue weighted by atomic mass is 16.5. The highest BCUT2D eigenvalue weighted by Gasteiger charge is 2.11. The van der Waals surface area contributed by atoms with Gasteiger partial charge in [-0.2, -0.15) is 0 Å². The fraction of sp³-hybridized carbons (Fsp3) is 0.0952. The van der Waals surface area contributed by atoms with Gasteiger partial charge in [-0.15, -0.1) is 0 Å². The molecule has 3 rings (SSSR count). The van der Waals surface area contributed by atoms with Crippen LogP contribution < -0.4 is 9.47 Å². The molecule has 7 heteroatoms. The van der Waals surface area contributed by atoms with Crippen molar-refractivity contribution in [2.75, 3.05) is 13.7 Å². The zero-order valence-corrected chi connectivity index (χ0v) is 15.0. The van der Waals surface area contributed by atoms with Gasteiger partial charge in [0.1, 0.15) is 0 Å². The second kappa shape index (κ2) is 8.22. The first kappa shape index (κ1) is 18.9. The molecule has 1 heterocycles. The quantitative estimate of drug-likeness (QED) is 0.646. The average molecular weight is 379 g/mol. The van der Waals surface area contributed by atoms with Gasteiger partial charge >= 0.3 is 11.9 Å². The van der Waals surface area contributed by atoms with Crippen molar-refractivity contribution in [2.24, 2.45) is 0 Å². The second-order valence-electron chi connectivity index (χ2n) is 5.84. The number of carboxylic acids is 2. The molecule has 0 unspecified atom stereocenters. The lowest BCUT2D eigenvalue weighted by Gasteiger charge is -2.09. The second-order valence-corrected chi connectivity index (χ2v) is 5.84. The first-order valence-electron chi connectivity index (χ1n) is 8.31. The molecular formula is C21H17NO6. The number of ether oxygens (including phenoxy) is 2. The first-order chi connectivity index (χ1) is 13.5. The van der Waals surface area contributed by atoms with Crippen molar-refractivity contribution in [2.45, 2.75) is 0 Å². The Kier molecular flexibility index (Phi) is 5.55. The zero-order chi connectivity index (χ0) is 20.1. The molecule has 2 aromatic carbocycles. The normalized spacial score (nSPS) is 10.9. The van der Waals surface area contributed by atoms with Gasteiger partial charge in [-0.25, -0.2) is 14.6 Å². The number of benzene rings is 2. The molecule has 0 aliphatic carbocycles. The van der Waals surface area contributed by atoms with E-state index >= 15 is 0 Å². The Morgan fingerprint density at radius 1 is 1.04 bits per heavy atom. The summed E-state index contributed by atoms with van der Waals surface area (Å²) in [6.45, 7) is -0.468. The van der Waals surface area contributed by atoms with Crippen LogP contribution in [0.25, 0.3) is 23.1 Å². The maximum atomic E-state index is 11.5. The molecule has 0 amide bonds. The third-order valence-corrected chi connectivity index (χ3v) is 3.95. The number of hydrogen-bond acceptors (Lipinski definition) is 5. The molecule has 0 aliphatic rings. The molecule has 0 saturated carbocycles. The van der Waals surface area contributed by atoms with Gasteiger partial charge in [-0.05, 0) is 35.9 Å². The van der Waals surface area contributed by atoms with Gasteiger partial charge in [-0.1, -0.05) is 30.3 Å². The van der Waals surface area contributed by atoms with Crippen LogP contribution in [0.2, 0.25) is 0 Å². The fourth-order valence-corrected chi connectivity index (χ4v) is 2.69. The van der Waals surface area contributed by atoms with Gasteiger partial charge in [0, 0.05) is 5.39 Å². The molecule has 7 nitrogen and oxygen atoms in total. The summed E-state index contributed by atoms with van der Waals surface area (Å²) in [5.41, 5.74) is 2.03. The number of nitrogens with zero attached hydrogens (tertiary/aromatic N) is 1. The monoisotopic (exact) mass is 379 g/mol. The Labute approximate surface area is 160 Å². The molecule has 0 radical (unpaired) electrons. The predicted molar refractivity (Wildman–Crippen MR) is 104 cm³/mol. The van der Waals surface area contributed by atoms with Gasteiger partial charge < -0.3 is 19.7 Å². The summed E-state index contributed by atoms with van der Waals surface area (Å²) in [7, 11) is 1.46. The number of para-hydroxylation sites is 1. The van der Waals surface area contributed by atoms with Crippen molar-refractivity contribution >= 4 is 35.0 Å². The highest BCUT2D eigenvalue weighted by Crippen LogP contribution is 2.29. The Bertz CT molecular complexity index is 1070. The molecule has 0 saturated heterocycles. The molecule has 2 N–H and O–H groups in total. The molecule has 142 valence electrons. The molecular weight excluding hydrogens is 362 g/mol. The number of hydrogen-bond donors (Lipinski definition) is 2. The predicted octanol–water partition coefficient (Wildman–Crippen LogP) is 3.58. The van der Waals surface area contributed by atoms with Gasteiger partial charge in [0.05, 0.1) is 23.9 Å². The van der Waals surface area contributed by atoms with Crippen molar-refractivity contribution < 1.29 is 29.3 Å². The number of rotatable bonds is 7. The van der Waals surface area contributed by atoms with Crippen molar-refractivity contribution in [1.29, 1.82) is 0 Å². The van der Waals surface area contributed by atoms with Crippen LogP contribution in [0.3, 0.4) is 0 Å². The Hall–Kier alpha value is -3.87. The number of pyridine rings is 1. The van der Waals surface area contributed by atoms with Crippen LogP contribution in [0.4, 0.5) is 0 Å². The van der Waals surface area contributed by atoms with E-state index in [2.05, 4.69) is 4.98 Å². The SMILES string of the molecule is COc1cc(C=Cc2cc(C(=O)O)c3ccccc3n2)ccc1OCC(=O)O. The minimum atomic E-state index is -1.08. The van der Waals surface area contributed by atoms with Gasteiger partial charge in [0.2, 0.25) is 0 Å². The summed E-state index contributed by atoms with van der Waals surface area (Å²) in [4.78, 5) is 26.7. The summed E-state index contributed by atoms with van der Waals surface area (Å²) >= 11 is 0. The Morgan fingerprint density at radius 3 is 2.54 bits per heavy atom. The van der Waals surface area contributed by atoms with Crippen LogP contribution in [0.15, 0.2) is 48.5 Å². The van der Waals surface area contributed by atoms with E-state index in [1.165, 1.54) is 13.2 Å². The molecule has 28 heavy (non-hydrogen) atoms.